The van der Waals surface area contributed by atoms with Gasteiger partial charge in [0, 0.05) is 13.2 Å². The molecular weight excluding hydrogens is 176 g/mol. The maximum absolute atomic E-state index is 5.10. The van der Waals surface area contributed by atoms with Gasteiger partial charge in [-0.1, -0.05) is 11.3 Å². The van der Waals surface area contributed by atoms with Crippen molar-refractivity contribution in [1.29, 1.82) is 0 Å². The van der Waals surface area contributed by atoms with Crippen LogP contribution in [0.25, 0.3) is 10.3 Å². The molecule has 2 nitrogen and oxygen atoms in total. The molecule has 0 saturated carbocycles. The van der Waals surface area contributed by atoms with Gasteiger partial charge in [0.1, 0.15) is 4.83 Å². The van der Waals surface area contributed by atoms with Gasteiger partial charge in [0.25, 0.3) is 0 Å². The van der Waals surface area contributed by atoms with Gasteiger partial charge in [0.15, 0.2) is 3.95 Å². The Balaban J connectivity index is 3.04. The standard InChI is InChI=1S/C7H6N2S2/c1-9-5-3-2-4-8-6(5)11-7(9)10/h2-4H,1H3. The summed E-state index contributed by atoms with van der Waals surface area (Å²) in [6.07, 6.45) is 1.79. The lowest BCUT2D eigenvalue weighted by Gasteiger charge is -1.90. The molecule has 0 N–H and O–H groups in total. The first-order valence-corrected chi connectivity index (χ1v) is 4.42. The summed E-state index contributed by atoms with van der Waals surface area (Å²) >= 11 is 6.64. The highest BCUT2D eigenvalue weighted by Gasteiger charge is 1.99. The van der Waals surface area contributed by atoms with E-state index >= 15 is 0 Å². The molecule has 2 aromatic rings. The van der Waals surface area contributed by atoms with Crippen LogP contribution in [0.5, 0.6) is 0 Å². The van der Waals surface area contributed by atoms with Gasteiger partial charge >= 0.3 is 0 Å². The zero-order valence-corrected chi connectivity index (χ0v) is 7.58. The predicted molar refractivity (Wildman–Crippen MR) is 49.4 cm³/mol. The lowest BCUT2D eigenvalue weighted by atomic mass is 10.4. The normalized spacial score (nSPS) is 10.6. The van der Waals surface area contributed by atoms with E-state index in [1.807, 2.05) is 23.7 Å². The van der Waals surface area contributed by atoms with E-state index in [4.69, 9.17) is 12.2 Å². The summed E-state index contributed by atoms with van der Waals surface area (Å²) in [5.41, 5.74) is 1.11. The Hall–Kier alpha value is -0.740. The molecule has 4 heteroatoms. The van der Waals surface area contributed by atoms with Crippen LogP contribution in [0.2, 0.25) is 0 Å². The minimum Gasteiger partial charge on any atom is -0.325 e. The van der Waals surface area contributed by atoms with E-state index < -0.39 is 0 Å². The first-order chi connectivity index (χ1) is 5.29. The smallest absolute Gasteiger partial charge is 0.163 e. The summed E-state index contributed by atoms with van der Waals surface area (Å²) in [5.74, 6) is 0. The van der Waals surface area contributed by atoms with E-state index in [0.29, 0.717) is 0 Å². The Bertz CT molecular complexity index is 441. The Labute approximate surface area is 73.1 Å². The molecule has 0 spiro atoms. The Kier molecular flexibility index (Phi) is 1.51. The molecule has 0 aliphatic carbocycles. The topological polar surface area (TPSA) is 17.8 Å². The third-order valence-electron chi connectivity index (χ3n) is 1.57. The number of hydrogen-bond acceptors (Lipinski definition) is 3. The van der Waals surface area contributed by atoms with Crippen LogP contribution in [-0.2, 0) is 7.05 Å². The summed E-state index contributed by atoms with van der Waals surface area (Å²) < 4.78 is 2.85. The van der Waals surface area contributed by atoms with Crippen molar-refractivity contribution in [2.24, 2.45) is 7.05 Å². The maximum atomic E-state index is 5.10. The average Bonchev–Trinajstić information content (AvgIpc) is 2.30. The Morgan fingerprint density at radius 1 is 1.64 bits per heavy atom. The molecule has 0 bridgehead atoms. The van der Waals surface area contributed by atoms with E-state index in [0.717, 1.165) is 14.3 Å². The second-order valence-corrected chi connectivity index (χ2v) is 3.88. The zero-order chi connectivity index (χ0) is 7.84. The second-order valence-electron chi connectivity index (χ2n) is 2.25. The molecule has 0 aliphatic heterocycles. The summed E-state index contributed by atoms with van der Waals surface area (Å²) in [6.45, 7) is 0. The third-order valence-corrected chi connectivity index (χ3v) is 3.05. The van der Waals surface area contributed by atoms with E-state index in [9.17, 15) is 0 Å². The summed E-state index contributed by atoms with van der Waals surface area (Å²) in [6, 6.07) is 3.94. The number of thiazole rings is 1. The van der Waals surface area contributed by atoms with Gasteiger partial charge in [-0.05, 0) is 24.4 Å². The van der Waals surface area contributed by atoms with Crippen molar-refractivity contribution in [3.05, 3.63) is 22.3 Å². The number of rotatable bonds is 0. The molecular formula is C7H6N2S2. The number of pyridine rings is 1. The highest BCUT2D eigenvalue weighted by molar-refractivity contribution is 7.73. The monoisotopic (exact) mass is 182 g/mol. The van der Waals surface area contributed by atoms with Crippen LogP contribution in [0, 0.1) is 3.95 Å². The lowest BCUT2D eigenvalue weighted by Crippen LogP contribution is -1.85. The van der Waals surface area contributed by atoms with Crippen molar-refractivity contribution in [3.8, 4) is 0 Å². The van der Waals surface area contributed by atoms with Crippen LogP contribution in [-0.4, -0.2) is 9.55 Å². The van der Waals surface area contributed by atoms with Crippen molar-refractivity contribution < 1.29 is 0 Å². The van der Waals surface area contributed by atoms with Crippen molar-refractivity contribution in [2.45, 2.75) is 0 Å². The molecule has 0 atom stereocenters. The SMILES string of the molecule is Cn1c(=S)sc2ncccc21. The second kappa shape index (κ2) is 2.39. The Morgan fingerprint density at radius 2 is 2.45 bits per heavy atom. The largest absolute Gasteiger partial charge is 0.325 e. The first-order valence-electron chi connectivity index (χ1n) is 3.19. The van der Waals surface area contributed by atoms with Gasteiger partial charge < -0.3 is 4.57 Å². The van der Waals surface area contributed by atoms with E-state index in [-0.39, 0.29) is 0 Å². The molecule has 0 amide bonds. The number of hydrogen-bond donors (Lipinski definition) is 0. The van der Waals surface area contributed by atoms with Crippen molar-refractivity contribution >= 4 is 33.9 Å². The quantitative estimate of drug-likeness (QED) is 0.582. The van der Waals surface area contributed by atoms with Gasteiger partial charge in [-0.2, -0.15) is 0 Å². The van der Waals surface area contributed by atoms with E-state index in [1.165, 1.54) is 0 Å². The molecule has 56 valence electrons. The molecule has 2 heterocycles. The minimum atomic E-state index is 0.874. The van der Waals surface area contributed by atoms with Gasteiger partial charge in [0.2, 0.25) is 0 Å². The molecule has 0 fully saturated rings. The van der Waals surface area contributed by atoms with Crippen LogP contribution in [0.3, 0.4) is 0 Å². The van der Waals surface area contributed by atoms with Gasteiger partial charge in [-0.15, -0.1) is 0 Å². The zero-order valence-electron chi connectivity index (χ0n) is 5.94. The van der Waals surface area contributed by atoms with Crippen LogP contribution in [0.1, 0.15) is 0 Å². The number of aryl methyl sites for hydroxylation is 1. The number of fused-ring (bicyclic) bond motifs is 1. The molecule has 11 heavy (non-hydrogen) atoms. The van der Waals surface area contributed by atoms with E-state index in [2.05, 4.69) is 4.98 Å². The van der Waals surface area contributed by atoms with Crippen LogP contribution >= 0.6 is 23.6 Å². The fourth-order valence-electron chi connectivity index (χ4n) is 0.966. The van der Waals surface area contributed by atoms with Gasteiger partial charge in [-0.3, -0.25) is 0 Å². The van der Waals surface area contributed by atoms with Crippen LogP contribution < -0.4 is 0 Å². The van der Waals surface area contributed by atoms with Crippen LogP contribution in [0.15, 0.2) is 18.3 Å². The molecule has 2 rings (SSSR count). The fraction of sp³-hybridized carbons (Fsp3) is 0.143. The van der Waals surface area contributed by atoms with Crippen LogP contribution in [0.4, 0.5) is 0 Å². The molecule has 2 aromatic heterocycles. The number of nitrogens with zero attached hydrogens (tertiary/aromatic N) is 2. The maximum Gasteiger partial charge on any atom is 0.163 e. The molecule has 0 unspecified atom stereocenters. The predicted octanol–water partition coefficient (Wildman–Crippen LogP) is 2.36. The summed E-state index contributed by atoms with van der Waals surface area (Å²) in [4.78, 5) is 5.21. The lowest BCUT2D eigenvalue weighted by molar-refractivity contribution is 0.962. The third kappa shape index (κ3) is 0.985. The average molecular weight is 182 g/mol. The van der Waals surface area contributed by atoms with Gasteiger partial charge in [-0.25, -0.2) is 4.98 Å². The summed E-state index contributed by atoms with van der Waals surface area (Å²) in [5, 5.41) is 0. The first kappa shape index (κ1) is 6.94. The summed E-state index contributed by atoms with van der Waals surface area (Å²) in [7, 11) is 1.96. The fourth-order valence-corrected chi connectivity index (χ4v) is 2.12. The molecule has 0 radical (unpaired) electrons. The molecule has 0 saturated heterocycles. The van der Waals surface area contributed by atoms with Gasteiger partial charge in [0.05, 0.1) is 5.52 Å². The minimum absolute atomic E-state index is 0.874. The molecule has 0 aromatic carbocycles. The number of aromatic nitrogens is 2. The highest BCUT2D eigenvalue weighted by Crippen LogP contribution is 2.18. The highest BCUT2D eigenvalue weighted by atomic mass is 32.1. The Morgan fingerprint density at radius 3 is 3.18 bits per heavy atom. The van der Waals surface area contributed by atoms with Crippen molar-refractivity contribution in [2.75, 3.05) is 0 Å². The van der Waals surface area contributed by atoms with Crippen molar-refractivity contribution in [1.82, 2.24) is 9.55 Å². The van der Waals surface area contributed by atoms with E-state index in [1.54, 1.807) is 17.5 Å². The van der Waals surface area contributed by atoms with Crippen molar-refractivity contribution in [3.63, 3.8) is 0 Å². The molecule has 0 aliphatic rings.